The van der Waals surface area contributed by atoms with Gasteiger partial charge in [-0.1, -0.05) is 23.2 Å². The van der Waals surface area contributed by atoms with Gasteiger partial charge in [0.1, 0.15) is 0 Å². The van der Waals surface area contributed by atoms with Gasteiger partial charge in [0.2, 0.25) is 0 Å². The standard InChI is InChI=1S/C6HBr2Cl2I/c7-2-1-3(9)5(10)4(8)6(2)11/h1H. The molecule has 1 aromatic carbocycles. The van der Waals surface area contributed by atoms with Crippen LogP contribution in [0, 0.1) is 3.57 Å². The van der Waals surface area contributed by atoms with Crippen molar-refractivity contribution in [1.29, 1.82) is 0 Å². The maximum atomic E-state index is 5.85. The van der Waals surface area contributed by atoms with E-state index in [1.54, 1.807) is 6.07 Å². The van der Waals surface area contributed by atoms with Gasteiger partial charge in [0.05, 0.1) is 14.5 Å². The molecule has 0 bridgehead atoms. The zero-order valence-electron chi connectivity index (χ0n) is 4.97. The number of hydrogen-bond acceptors (Lipinski definition) is 0. The topological polar surface area (TPSA) is 0 Å². The Morgan fingerprint density at radius 2 is 1.82 bits per heavy atom. The first kappa shape index (κ1) is 10.6. The lowest BCUT2D eigenvalue weighted by Gasteiger charge is -2.03. The molecule has 0 aromatic heterocycles. The minimum absolute atomic E-state index is 0.547. The second-order valence-electron chi connectivity index (χ2n) is 1.78. The van der Waals surface area contributed by atoms with Crippen molar-refractivity contribution in [2.24, 2.45) is 0 Å². The van der Waals surface area contributed by atoms with Crippen LogP contribution in [0.25, 0.3) is 0 Å². The van der Waals surface area contributed by atoms with E-state index in [9.17, 15) is 0 Å². The van der Waals surface area contributed by atoms with E-state index in [4.69, 9.17) is 23.2 Å². The molecule has 0 N–H and O–H groups in total. The average Bonchev–Trinajstić information content (AvgIpc) is 1.97. The van der Waals surface area contributed by atoms with Crippen LogP contribution in [-0.4, -0.2) is 0 Å². The molecule has 0 saturated carbocycles. The Balaban J connectivity index is 3.46. The highest BCUT2D eigenvalue weighted by molar-refractivity contribution is 14.1. The minimum atomic E-state index is 0.547. The summed E-state index contributed by atoms with van der Waals surface area (Å²) in [5, 5.41) is 1.10. The molecule has 0 spiro atoms. The quantitative estimate of drug-likeness (QED) is 0.304. The van der Waals surface area contributed by atoms with E-state index < -0.39 is 0 Å². The highest BCUT2D eigenvalue weighted by Gasteiger charge is 2.09. The molecule has 1 aromatic rings. The molecule has 0 nitrogen and oxygen atoms in total. The van der Waals surface area contributed by atoms with E-state index in [0.717, 1.165) is 12.5 Å². The normalized spacial score (nSPS) is 10.3. The lowest BCUT2D eigenvalue weighted by Crippen LogP contribution is -1.80. The van der Waals surface area contributed by atoms with E-state index in [-0.39, 0.29) is 0 Å². The molecular weight excluding hydrogens is 430 g/mol. The summed E-state index contributed by atoms with van der Waals surface area (Å²) in [5.74, 6) is 0. The van der Waals surface area contributed by atoms with Gasteiger partial charge >= 0.3 is 0 Å². The van der Waals surface area contributed by atoms with Gasteiger partial charge < -0.3 is 0 Å². The van der Waals surface area contributed by atoms with Crippen LogP contribution < -0.4 is 0 Å². The molecule has 60 valence electrons. The second kappa shape index (κ2) is 4.13. The number of benzene rings is 1. The molecule has 0 aliphatic heterocycles. The van der Waals surface area contributed by atoms with Crippen LogP contribution >= 0.6 is 77.7 Å². The van der Waals surface area contributed by atoms with Crippen LogP contribution in [0.5, 0.6) is 0 Å². The fraction of sp³-hybridized carbons (Fsp3) is 0. The maximum absolute atomic E-state index is 5.85. The van der Waals surface area contributed by atoms with Crippen LogP contribution in [0.15, 0.2) is 15.0 Å². The molecule has 5 heteroatoms. The third-order valence-electron chi connectivity index (χ3n) is 1.06. The predicted molar refractivity (Wildman–Crippen MR) is 64.6 cm³/mol. The van der Waals surface area contributed by atoms with E-state index >= 15 is 0 Å². The maximum Gasteiger partial charge on any atom is 0.0745 e. The fourth-order valence-corrected chi connectivity index (χ4v) is 2.85. The van der Waals surface area contributed by atoms with Crippen LogP contribution in [0.2, 0.25) is 10.0 Å². The summed E-state index contributed by atoms with van der Waals surface area (Å²) in [7, 11) is 0. The van der Waals surface area contributed by atoms with Crippen molar-refractivity contribution in [1.82, 2.24) is 0 Å². The van der Waals surface area contributed by atoms with Crippen LogP contribution in [0.3, 0.4) is 0 Å². The summed E-state index contributed by atoms with van der Waals surface area (Å²) < 4.78 is 2.80. The molecule has 0 saturated heterocycles. The van der Waals surface area contributed by atoms with Gasteiger partial charge in [-0.15, -0.1) is 0 Å². The Labute approximate surface area is 105 Å². The summed E-state index contributed by atoms with van der Waals surface area (Å²) in [6.45, 7) is 0. The molecule has 11 heavy (non-hydrogen) atoms. The van der Waals surface area contributed by atoms with Crippen molar-refractivity contribution in [3.63, 3.8) is 0 Å². The Kier molecular flexibility index (Phi) is 3.97. The summed E-state index contributed by atoms with van der Waals surface area (Å²) in [4.78, 5) is 0. The molecule has 0 fully saturated rings. The van der Waals surface area contributed by atoms with Gasteiger partial charge in [-0.3, -0.25) is 0 Å². The predicted octanol–water partition coefficient (Wildman–Crippen LogP) is 5.12. The first-order valence-electron chi connectivity index (χ1n) is 2.52. The Bertz CT molecular complexity index is 275. The van der Waals surface area contributed by atoms with E-state index in [2.05, 4.69) is 54.5 Å². The second-order valence-corrected chi connectivity index (χ2v) is 5.29. The van der Waals surface area contributed by atoms with Gasteiger partial charge in [0.15, 0.2) is 0 Å². The lowest BCUT2D eigenvalue weighted by atomic mass is 10.4. The zero-order chi connectivity index (χ0) is 8.59. The molecular formula is C6HBr2Cl2I. The lowest BCUT2D eigenvalue weighted by molar-refractivity contribution is 1.53. The smallest absolute Gasteiger partial charge is 0.0745 e. The first-order valence-corrected chi connectivity index (χ1v) is 5.94. The van der Waals surface area contributed by atoms with E-state index in [1.807, 2.05) is 0 Å². The summed E-state index contributed by atoms with van der Waals surface area (Å²) in [6.07, 6.45) is 0. The largest absolute Gasteiger partial charge is 0.0826 e. The number of hydrogen-bond donors (Lipinski definition) is 0. The summed E-state index contributed by atoms with van der Waals surface area (Å²) >= 11 is 20.5. The monoisotopic (exact) mass is 428 g/mol. The van der Waals surface area contributed by atoms with Gasteiger partial charge in [0.25, 0.3) is 0 Å². The molecule has 0 heterocycles. The van der Waals surface area contributed by atoms with Crippen molar-refractivity contribution < 1.29 is 0 Å². The van der Waals surface area contributed by atoms with Gasteiger partial charge in [-0.05, 0) is 60.5 Å². The molecule has 0 aliphatic carbocycles. The molecule has 0 atom stereocenters. The highest BCUT2D eigenvalue weighted by atomic mass is 127. The molecule has 0 amide bonds. The van der Waals surface area contributed by atoms with E-state index in [0.29, 0.717) is 10.0 Å². The van der Waals surface area contributed by atoms with Crippen LogP contribution in [0.4, 0.5) is 0 Å². The minimum Gasteiger partial charge on any atom is -0.0826 e. The average molecular weight is 431 g/mol. The zero-order valence-corrected chi connectivity index (χ0v) is 11.8. The first-order chi connectivity index (χ1) is 5.04. The third kappa shape index (κ3) is 2.24. The summed E-state index contributed by atoms with van der Waals surface area (Å²) in [5.41, 5.74) is 0. The van der Waals surface area contributed by atoms with E-state index in [1.165, 1.54) is 0 Å². The number of halogens is 5. The Morgan fingerprint density at radius 3 is 2.36 bits per heavy atom. The third-order valence-corrected chi connectivity index (χ3v) is 6.10. The van der Waals surface area contributed by atoms with Crippen molar-refractivity contribution in [2.75, 3.05) is 0 Å². The molecule has 0 radical (unpaired) electrons. The van der Waals surface area contributed by atoms with Crippen LogP contribution in [-0.2, 0) is 0 Å². The molecule has 1 rings (SSSR count). The molecule has 0 aliphatic rings. The van der Waals surface area contributed by atoms with Crippen molar-refractivity contribution in [3.05, 3.63) is 28.6 Å². The SMILES string of the molecule is Clc1cc(Br)c(I)c(Br)c1Cl. The van der Waals surface area contributed by atoms with Gasteiger partial charge in [-0.2, -0.15) is 0 Å². The van der Waals surface area contributed by atoms with Gasteiger partial charge in [-0.25, -0.2) is 0 Å². The Hall–Kier alpha value is 1.49. The van der Waals surface area contributed by atoms with Crippen molar-refractivity contribution in [2.45, 2.75) is 0 Å². The highest BCUT2D eigenvalue weighted by Crippen LogP contribution is 2.38. The van der Waals surface area contributed by atoms with Crippen LogP contribution in [0.1, 0.15) is 0 Å². The van der Waals surface area contributed by atoms with Crippen molar-refractivity contribution in [3.8, 4) is 0 Å². The van der Waals surface area contributed by atoms with Gasteiger partial charge in [0, 0.05) is 8.04 Å². The number of rotatable bonds is 0. The van der Waals surface area contributed by atoms with Crippen molar-refractivity contribution >= 4 is 77.7 Å². The summed E-state index contributed by atoms with van der Waals surface area (Å²) in [6, 6.07) is 1.77. The molecule has 0 unspecified atom stereocenters. The fourth-order valence-electron chi connectivity index (χ4n) is 0.544. The Morgan fingerprint density at radius 1 is 1.27 bits per heavy atom.